The summed E-state index contributed by atoms with van der Waals surface area (Å²) in [6.45, 7) is 3.03. The molecule has 24 heavy (non-hydrogen) atoms. The molecule has 0 saturated carbocycles. The maximum absolute atomic E-state index is 12.0. The molecule has 0 aliphatic rings. The van der Waals surface area contributed by atoms with Crippen LogP contribution in [0.2, 0.25) is 5.02 Å². The highest BCUT2D eigenvalue weighted by molar-refractivity contribution is 6.30. The molecule has 0 unspecified atom stereocenters. The zero-order valence-electron chi connectivity index (χ0n) is 14.4. The number of quaternary nitrogens is 1. The van der Waals surface area contributed by atoms with Crippen molar-refractivity contribution < 1.29 is 10.1 Å². The molecule has 0 radical (unpaired) electrons. The molecule has 2 rings (SSSR count). The zero-order chi connectivity index (χ0) is 17.5. The first kappa shape index (κ1) is 18.3. The van der Waals surface area contributed by atoms with Gasteiger partial charge in [0.15, 0.2) is 6.54 Å². The third-order valence-corrected chi connectivity index (χ3v) is 4.25. The number of carbonyl (C=O) groups is 1. The van der Waals surface area contributed by atoms with E-state index in [2.05, 4.69) is 29.3 Å². The van der Waals surface area contributed by atoms with Crippen LogP contribution in [0.3, 0.4) is 0 Å². The molecule has 128 valence electrons. The van der Waals surface area contributed by atoms with Gasteiger partial charge in [0.05, 0.1) is 0 Å². The van der Waals surface area contributed by atoms with Crippen molar-refractivity contribution in [1.29, 1.82) is 0 Å². The van der Waals surface area contributed by atoms with Crippen molar-refractivity contribution >= 4 is 23.2 Å². The Kier molecular flexibility index (Phi) is 6.64. The van der Waals surface area contributed by atoms with Crippen LogP contribution in [0.4, 0.5) is 5.69 Å². The molecule has 0 aliphatic carbocycles. The molecule has 0 fully saturated rings. The summed E-state index contributed by atoms with van der Waals surface area (Å²) in [7, 11) is 4.02. The molecule has 3 N–H and O–H groups in total. The normalized spacial score (nSPS) is 11.8. The lowest BCUT2D eigenvalue weighted by molar-refractivity contribution is -0.682. The molecule has 2 aromatic carbocycles. The van der Waals surface area contributed by atoms with Gasteiger partial charge in [-0.15, -0.1) is 0 Å². The lowest BCUT2D eigenvalue weighted by atomic mass is 10.1. The Morgan fingerprint density at radius 1 is 1.12 bits per heavy atom. The number of benzene rings is 2. The molecule has 4 nitrogen and oxygen atoms in total. The number of nitrogens with one attached hydrogen (secondary N) is 1. The van der Waals surface area contributed by atoms with E-state index in [9.17, 15) is 4.79 Å². The summed E-state index contributed by atoms with van der Waals surface area (Å²) < 4.78 is 0. The van der Waals surface area contributed by atoms with Crippen molar-refractivity contribution in [2.24, 2.45) is 0 Å². The Balaban J connectivity index is 1.75. The first-order valence-electron chi connectivity index (χ1n) is 8.07. The molecule has 5 heteroatoms. The SMILES string of the molecule is C[C@@H]([NH2+]CC(=O)NCc1ccc(N(C)C)cc1)c1ccc(Cl)cc1. The predicted molar refractivity (Wildman–Crippen MR) is 99.3 cm³/mol. The number of amides is 1. The molecular weight excluding hydrogens is 322 g/mol. The third kappa shape index (κ3) is 5.55. The van der Waals surface area contributed by atoms with E-state index in [1.807, 2.05) is 55.8 Å². The minimum absolute atomic E-state index is 0.0347. The number of hydrogen-bond donors (Lipinski definition) is 2. The number of rotatable bonds is 7. The summed E-state index contributed by atoms with van der Waals surface area (Å²) >= 11 is 5.89. The Bertz CT molecular complexity index is 653. The molecule has 1 atom stereocenters. The summed E-state index contributed by atoms with van der Waals surface area (Å²) in [4.78, 5) is 14.1. The molecule has 0 saturated heterocycles. The summed E-state index contributed by atoms with van der Waals surface area (Å²) in [5, 5.41) is 5.71. The minimum Gasteiger partial charge on any atom is -0.378 e. The summed E-state index contributed by atoms with van der Waals surface area (Å²) in [6.07, 6.45) is 0. The maximum atomic E-state index is 12.0. The average molecular weight is 347 g/mol. The van der Waals surface area contributed by atoms with Crippen LogP contribution >= 0.6 is 11.6 Å². The van der Waals surface area contributed by atoms with Crippen LogP contribution in [-0.4, -0.2) is 26.5 Å². The fourth-order valence-electron chi connectivity index (χ4n) is 2.37. The highest BCUT2D eigenvalue weighted by Gasteiger charge is 2.11. The van der Waals surface area contributed by atoms with Crippen molar-refractivity contribution in [2.75, 3.05) is 25.5 Å². The van der Waals surface area contributed by atoms with Crippen LogP contribution in [0.5, 0.6) is 0 Å². The van der Waals surface area contributed by atoms with Crippen molar-refractivity contribution in [3.63, 3.8) is 0 Å². The summed E-state index contributed by atoms with van der Waals surface area (Å²) in [6, 6.07) is 16.1. The predicted octanol–water partition coefficient (Wildman–Crippen LogP) is 2.35. The Morgan fingerprint density at radius 3 is 2.33 bits per heavy atom. The van der Waals surface area contributed by atoms with E-state index >= 15 is 0 Å². The average Bonchev–Trinajstić information content (AvgIpc) is 2.58. The number of anilines is 1. The summed E-state index contributed by atoms with van der Waals surface area (Å²) in [5.41, 5.74) is 3.40. The van der Waals surface area contributed by atoms with E-state index in [1.54, 1.807) is 0 Å². The van der Waals surface area contributed by atoms with Gasteiger partial charge >= 0.3 is 0 Å². The second kappa shape index (κ2) is 8.71. The van der Waals surface area contributed by atoms with Gasteiger partial charge in [0, 0.05) is 36.9 Å². The minimum atomic E-state index is 0.0347. The van der Waals surface area contributed by atoms with Crippen molar-refractivity contribution in [2.45, 2.75) is 19.5 Å². The number of hydrogen-bond acceptors (Lipinski definition) is 2. The fourth-order valence-corrected chi connectivity index (χ4v) is 2.50. The van der Waals surface area contributed by atoms with Crippen molar-refractivity contribution in [1.82, 2.24) is 5.32 Å². The van der Waals surface area contributed by atoms with Gasteiger partial charge in [0.1, 0.15) is 6.04 Å². The Morgan fingerprint density at radius 2 is 1.75 bits per heavy atom. The Hall–Kier alpha value is -2.04. The van der Waals surface area contributed by atoms with Crippen molar-refractivity contribution in [3.05, 3.63) is 64.7 Å². The molecular formula is C19H25ClN3O+. The van der Waals surface area contributed by atoms with E-state index in [1.165, 1.54) is 0 Å². The smallest absolute Gasteiger partial charge is 0.275 e. The van der Waals surface area contributed by atoms with Gasteiger partial charge < -0.3 is 15.5 Å². The van der Waals surface area contributed by atoms with Crippen LogP contribution in [-0.2, 0) is 11.3 Å². The van der Waals surface area contributed by atoms with E-state index in [4.69, 9.17) is 11.6 Å². The van der Waals surface area contributed by atoms with Gasteiger partial charge in [-0.05, 0) is 36.8 Å². The molecule has 0 spiro atoms. The van der Waals surface area contributed by atoms with Gasteiger partial charge in [-0.1, -0.05) is 35.9 Å². The second-order valence-electron chi connectivity index (χ2n) is 6.12. The molecule has 2 aromatic rings. The molecule has 1 amide bonds. The van der Waals surface area contributed by atoms with E-state index < -0.39 is 0 Å². The number of nitrogens with two attached hydrogens (primary N) is 1. The topological polar surface area (TPSA) is 49.0 Å². The lowest BCUT2D eigenvalue weighted by Crippen LogP contribution is -2.87. The first-order valence-corrected chi connectivity index (χ1v) is 8.45. The van der Waals surface area contributed by atoms with E-state index in [0.29, 0.717) is 13.1 Å². The lowest BCUT2D eigenvalue weighted by Gasteiger charge is -2.13. The summed E-state index contributed by atoms with van der Waals surface area (Å²) in [5.74, 6) is 0.0347. The fraction of sp³-hybridized carbons (Fsp3) is 0.316. The first-order chi connectivity index (χ1) is 11.5. The van der Waals surface area contributed by atoms with E-state index in [0.717, 1.165) is 21.8 Å². The standard InChI is InChI=1S/C19H24ClN3O/c1-14(16-6-8-17(20)9-7-16)21-13-19(24)22-12-15-4-10-18(11-5-15)23(2)3/h4-11,14,21H,12-13H2,1-3H3,(H,22,24)/p+1/t14-/m1/s1. The van der Waals surface area contributed by atoms with Gasteiger partial charge in [-0.25, -0.2) is 0 Å². The van der Waals surface area contributed by atoms with Crippen LogP contribution in [0.1, 0.15) is 24.1 Å². The number of carbonyl (C=O) groups excluding carboxylic acids is 1. The van der Waals surface area contributed by atoms with Crippen LogP contribution < -0.4 is 15.5 Å². The maximum Gasteiger partial charge on any atom is 0.275 e. The van der Waals surface area contributed by atoms with Crippen LogP contribution in [0, 0.1) is 0 Å². The molecule has 0 aliphatic heterocycles. The third-order valence-electron chi connectivity index (χ3n) is 4.00. The van der Waals surface area contributed by atoms with Crippen molar-refractivity contribution in [3.8, 4) is 0 Å². The second-order valence-corrected chi connectivity index (χ2v) is 6.55. The van der Waals surface area contributed by atoms with Crippen LogP contribution in [0.25, 0.3) is 0 Å². The molecule has 0 bridgehead atoms. The van der Waals surface area contributed by atoms with Gasteiger partial charge in [-0.2, -0.15) is 0 Å². The van der Waals surface area contributed by atoms with Crippen LogP contribution in [0.15, 0.2) is 48.5 Å². The molecule has 0 heterocycles. The highest BCUT2D eigenvalue weighted by Crippen LogP contribution is 2.13. The highest BCUT2D eigenvalue weighted by atomic mass is 35.5. The number of nitrogens with zero attached hydrogens (tertiary/aromatic N) is 1. The zero-order valence-corrected chi connectivity index (χ0v) is 15.2. The van der Waals surface area contributed by atoms with E-state index in [-0.39, 0.29) is 11.9 Å². The monoisotopic (exact) mass is 346 g/mol. The van der Waals surface area contributed by atoms with Gasteiger partial charge in [-0.3, -0.25) is 4.79 Å². The largest absolute Gasteiger partial charge is 0.378 e. The number of halogens is 1. The van der Waals surface area contributed by atoms with Gasteiger partial charge in [0.2, 0.25) is 0 Å². The quantitative estimate of drug-likeness (QED) is 0.808. The Labute approximate surface area is 148 Å². The van der Waals surface area contributed by atoms with Gasteiger partial charge in [0.25, 0.3) is 5.91 Å². The molecule has 0 aromatic heterocycles.